The average molecular weight is 477 g/mol. The van der Waals surface area contributed by atoms with Gasteiger partial charge in [0.2, 0.25) is 17.6 Å². The molecule has 184 valence electrons. The van der Waals surface area contributed by atoms with Crippen LogP contribution in [0.3, 0.4) is 0 Å². The van der Waals surface area contributed by atoms with Crippen molar-refractivity contribution in [2.45, 2.75) is 58.9 Å². The minimum Gasteiger partial charge on any atom is -0.494 e. The molecule has 1 N–H and O–H groups in total. The number of benzene rings is 2. The smallest absolute Gasteiger partial charge is 0.254 e. The van der Waals surface area contributed by atoms with E-state index in [0.29, 0.717) is 36.0 Å². The molecule has 2 amide bonds. The van der Waals surface area contributed by atoms with Crippen molar-refractivity contribution >= 4 is 17.5 Å². The predicted molar refractivity (Wildman–Crippen MR) is 133 cm³/mol. The molecule has 2 aromatic carbocycles. The van der Waals surface area contributed by atoms with E-state index in [9.17, 15) is 9.59 Å². The maximum absolute atomic E-state index is 12.9. The Morgan fingerprint density at radius 1 is 1.17 bits per heavy atom. The topological polar surface area (TPSA) is 97.6 Å². The zero-order valence-electron chi connectivity index (χ0n) is 20.5. The van der Waals surface area contributed by atoms with Crippen LogP contribution in [0.1, 0.15) is 61.3 Å². The van der Waals surface area contributed by atoms with Crippen molar-refractivity contribution in [3.05, 3.63) is 59.5 Å². The summed E-state index contributed by atoms with van der Waals surface area (Å²) in [5.74, 6) is 1.56. The van der Waals surface area contributed by atoms with E-state index in [1.807, 2.05) is 49.1 Å². The maximum atomic E-state index is 12.9. The molecule has 0 aliphatic carbocycles. The van der Waals surface area contributed by atoms with Gasteiger partial charge in [0.25, 0.3) is 5.91 Å². The van der Waals surface area contributed by atoms with Gasteiger partial charge < -0.3 is 19.5 Å². The van der Waals surface area contributed by atoms with Crippen LogP contribution in [0.2, 0.25) is 0 Å². The Morgan fingerprint density at radius 3 is 2.69 bits per heavy atom. The summed E-state index contributed by atoms with van der Waals surface area (Å²) >= 11 is 0. The molecule has 0 spiro atoms. The van der Waals surface area contributed by atoms with Crippen LogP contribution in [0, 0.1) is 6.92 Å². The number of likely N-dealkylation sites (tertiary alicyclic amines) is 1. The molecule has 8 heteroatoms. The van der Waals surface area contributed by atoms with E-state index in [0.717, 1.165) is 36.3 Å². The minimum absolute atomic E-state index is 0.0536. The van der Waals surface area contributed by atoms with Crippen molar-refractivity contribution in [2.24, 2.45) is 0 Å². The van der Waals surface area contributed by atoms with Gasteiger partial charge in [-0.05, 0) is 88.1 Å². The van der Waals surface area contributed by atoms with Gasteiger partial charge in [-0.2, -0.15) is 4.98 Å². The van der Waals surface area contributed by atoms with Crippen molar-refractivity contribution < 1.29 is 18.8 Å². The number of amides is 2. The van der Waals surface area contributed by atoms with Crippen LogP contribution in [-0.2, 0) is 11.2 Å². The summed E-state index contributed by atoms with van der Waals surface area (Å²) in [6, 6.07) is 13.1. The third-order valence-electron chi connectivity index (χ3n) is 6.27. The Morgan fingerprint density at radius 2 is 1.97 bits per heavy atom. The average Bonchev–Trinajstić information content (AvgIpc) is 3.34. The van der Waals surface area contributed by atoms with Gasteiger partial charge in [-0.3, -0.25) is 9.59 Å². The van der Waals surface area contributed by atoms with E-state index in [2.05, 4.69) is 22.4 Å². The molecule has 1 saturated heterocycles. The fraction of sp³-hybridized carbons (Fsp3) is 0.407. The van der Waals surface area contributed by atoms with Crippen LogP contribution in [0.25, 0.3) is 11.4 Å². The number of rotatable bonds is 8. The van der Waals surface area contributed by atoms with E-state index in [1.54, 1.807) is 12.1 Å². The fourth-order valence-electron chi connectivity index (χ4n) is 4.28. The molecule has 1 aromatic heterocycles. The zero-order valence-corrected chi connectivity index (χ0v) is 20.5. The van der Waals surface area contributed by atoms with Crippen LogP contribution < -0.4 is 10.1 Å². The molecule has 0 bridgehead atoms. The van der Waals surface area contributed by atoms with Gasteiger partial charge in [-0.1, -0.05) is 5.16 Å². The standard InChI is InChI=1S/C27H32N4O4/c1-4-34-22-11-8-20(9-12-22)26-29-25(35-30-26)15-14-24(32)28-23-13-10-21(17-18(23)2)27(33)31-16-6-5-7-19(31)3/h8-13,17,19H,4-7,14-16H2,1-3H3,(H,28,32). The highest BCUT2D eigenvalue weighted by Gasteiger charge is 2.24. The van der Waals surface area contributed by atoms with E-state index in [1.165, 1.54) is 6.42 Å². The molecule has 1 aliphatic heterocycles. The van der Waals surface area contributed by atoms with Crippen molar-refractivity contribution in [3.8, 4) is 17.1 Å². The second-order valence-corrected chi connectivity index (χ2v) is 8.89. The molecule has 8 nitrogen and oxygen atoms in total. The monoisotopic (exact) mass is 476 g/mol. The Hall–Kier alpha value is -3.68. The Kier molecular flexibility index (Phi) is 7.80. The lowest BCUT2D eigenvalue weighted by Gasteiger charge is -2.33. The summed E-state index contributed by atoms with van der Waals surface area (Å²) in [4.78, 5) is 31.8. The first-order valence-electron chi connectivity index (χ1n) is 12.2. The van der Waals surface area contributed by atoms with Crippen LogP contribution in [0.5, 0.6) is 5.75 Å². The molecular weight excluding hydrogens is 444 g/mol. The highest BCUT2D eigenvalue weighted by atomic mass is 16.5. The van der Waals surface area contributed by atoms with Gasteiger partial charge >= 0.3 is 0 Å². The van der Waals surface area contributed by atoms with Gasteiger partial charge in [0, 0.05) is 42.2 Å². The number of aryl methyl sites for hydroxylation is 2. The number of ether oxygens (including phenoxy) is 1. The predicted octanol–water partition coefficient (Wildman–Crippen LogP) is 5.03. The van der Waals surface area contributed by atoms with Crippen molar-refractivity contribution in [3.63, 3.8) is 0 Å². The summed E-state index contributed by atoms with van der Waals surface area (Å²) in [6.45, 7) is 7.33. The highest BCUT2D eigenvalue weighted by molar-refractivity contribution is 5.96. The van der Waals surface area contributed by atoms with Crippen LogP contribution in [0.4, 0.5) is 5.69 Å². The van der Waals surface area contributed by atoms with E-state index in [-0.39, 0.29) is 24.3 Å². The third kappa shape index (κ3) is 6.07. The zero-order chi connectivity index (χ0) is 24.8. The first-order valence-corrected chi connectivity index (χ1v) is 12.2. The van der Waals surface area contributed by atoms with Gasteiger partial charge in [0.05, 0.1) is 6.61 Å². The number of aromatic nitrogens is 2. The largest absolute Gasteiger partial charge is 0.494 e. The molecule has 3 aromatic rings. The number of carbonyl (C=O) groups is 2. The first-order chi connectivity index (χ1) is 16.9. The molecule has 0 saturated carbocycles. The molecule has 1 unspecified atom stereocenters. The SMILES string of the molecule is CCOc1ccc(-c2noc(CCC(=O)Nc3ccc(C(=O)N4CCCCC4C)cc3C)n2)cc1. The maximum Gasteiger partial charge on any atom is 0.254 e. The number of hydrogen-bond acceptors (Lipinski definition) is 6. The molecule has 1 fully saturated rings. The lowest BCUT2D eigenvalue weighted by Crippen LogP contribution is -2.42. The highest BCUT2D eigenvalue weighted by Crippen LogP contribution is 2.23. The molecule has 1 atom stereocenters. The summed E-state index contributed by atoms with van der Waals surface area (Å²) in [6.07, 6.45) is 3.79. The summed E-state index contributed by atoms with van der Waals surface area (Å²) in [5, 5.41) is 6.94. The Labute approximate surface area is 205 Å². The van der Waals surface area contributed by atoms with Gasteiger partial charge in [0.15, 0.2) is 0 Å². The Balaban J connectivity index is 1.31. The third-order valence-corrected chi connectivity index (χ3v) is 6.27. The van der Waals surface area contributed by atoms with Gasteiger partial charge in [-0.15, -0.1) is 0 Å². The molecule has 0 radical (unpaired) electrons. The molecule has 4 rings (SSSR count). The quantitative estimate of drug-likeness (QED) is 0.490. The second-order valence-electron chi connectivity index (χ2n) is 8.89. The van der Waals surface area contributed by atoms with E-state index >= 15 is 0 Å². The fourth-order valence-corrected chi connectivity index (χ4v) is 4.28. The second kappa shape index (κ2) is 11.2. The number of piperidine rings is 1. The van der Waals surface area contributed by atoms with Crippen LogP contribution >= 0.6 is 0 Å². The molecule has 2 heterocycles. The normalized spacial score (nSPS) is 15.6. The lowest BCUT2D eigenvalue weighted by molar-refractivity contribution is -0.116. The van der Waals surface area contributed by atoms with Crippen LogP contribution in [-0.4, -0.2) is 46.0 Å². The molecular formula is C27H32N4O4. The summed E-state index contributed by atoms with van der Waals surface area (Å²) in [5.41, 5.74) is 3.02. The molecule has 1 aliphatic rings. The van der Waals surface area contributed by atoms with Crippen LogP contribution in [0.15, 0.2) is 47.0 Å². The number of carbonyl (C=O) groups excluding carboxylic acids is 2. The Bertz CT molecular complexity index is 1170. The van der Waals surface area contributed by atoms with E-state index in [4.69, 9.17) is 9.26 Å². The summed E-state index contributed by atoms with van der Waals surface area (Å²) < 4.78 is 10.8. The van der Waals surface area contributed by atoms with Crippen molar-refractivity contribution in [2.75, 3.05) is 18.5 Å². The number of nitrogens with one attached hydrogen (secondary N) is 1. The van der Waals surface area contributed by atoms with Crippen molar-refractivity contribution in [1.82, 2.24) is 15.0 Å². The van der Waals surface area contributed by atoms with Gasteiger partial charge in [-0.25, -0.2) is 0 Å². The van der Waals surface area contributed by atoms with Gasteiger partial charge in [0.1, 0.15) is 5.75 Å². The molecule has 35 heavy (non-hydrogen) atoms. The first kappa shape index (κ1) is 24.4. The lowest BCUT2D eigenvalue weighted by atomic mass is 10.0. The number of hydrogen-bond donors (Lipinski definition) is 1. The summed E-state index contributed by atoms with van der Waals surface area (Å²) in [7, 11) is 0. The number of anilines is 1. The number of nitrogens with zero attached hydrogens (tertiary/aromatic N) is 3. The van der Waals surface area contributed by atoms with Crippen molar-refractivity contribution in [1.29, 1.82) is 0 Å². The van der Waals surface area contributed by atoms with E-state index < -0.39 is 0 Å². The minimum atomic E-state index is -0.155.